The van der Waals surface area contributed by atoms with Crippen molar-refractivity contribution in [2.45, 2.75) is 38.1 Å². The summed E-state index contributed by atoms with van der Waals surface area (Å²) in [4.78, 5) is 50.1. The Balaban J connectivity index is 1.41. The van der Waals surface area contributed by atoms with E-state index in [-0.39, 0.29) is 43.0 Å². The zero-order valence-electron chi connectivity index (χ0n) is 17.1. The third-order valence-corrected chi connectivity index (χ3v) is 5.32. The van der Waals surface area contributed by atoms with Crippen LogP contribution in [0.25, 0.3) is 0 Å². The Morgan fingerprint density at radius 1 is 1.07 bits per heavy atom. The van der Waals surface area contributed by atoms with Gasteiger partial charge in [-0.1, -0.05) is 30.3 Å². The molecule has 0 spiro atoms. The van der Waals surface area contributed by atoms with E-state index >= 15 is 0 Å². The molecule has 4 amide bonds. The summed E-state index contributed by atoms with van der Waals surface area (Å²) in [5.74, 6) is -1.09. The van der Waals surface area contributed by atoms with Gasteiger partial charge in [-0.3, -0.25) is 19.2 Å². The lowest BCUT2D eigenvalue weighted by Gasteiger charge is -2.23. The molecule has 9 heteroatoms. The molecule has 1 unspecified atom stereocenters. The third kappa shape index (κ3) is 5.22. The van der Waals surface area contributed by atoms with Crippen molar-refractivity contribution in [3.63, 3.8) is 0 Å². The molecule has 0 aliphatic carbocycles. The van der Waals surface area contributed by atoms with Crippen molar-refractivity contribution >= 4 is 29.3 Å². The molecule has 0 aromatic heterocycles. The maximum absolute atomic E-state index is 12.3. The number of amides is 4. The van der Waals surface area contributed by atoms with Crippen LogP contribution in [0.1, 0.15) is 37.7 Å². The van der Waals surface area contributed by atoms with E-state index in [1.165, 1.54) is 17.0 Å². The molecule has 0 saturated carbocycles. The Kier molecular flexibility index (Phi) is 7.16. The van der Waals surface area contributed by atoms with Crippen molar-refractivity contribution in [2.24, 2.45) is 5.10 Å². The summed E-state index contributed by atoms with van der Waals surface area (Å²) in [6, 6.07) is 9.19. The first-order valence-electron chi connectivity index (χ1n) is 10.2. The minimum atomic E-state index is -0.479. The highest BCUT2D eigenvalue weighted by atomic mass is 16.2. The van der Waals surface area contributed by atoms with Crippen LogP contribution in [0.2, 0.25) is 0 Å². The first-order chi connectivity index (χ1) is 14.5. The van der Waals surface area contributed by atoms with Crippen LogP contribution < -0.4 is 10.6 Å². The largest absolute Gasteiger partial charge is 0.357 e. The summed E-state index contributed by atoms with van der Waals surface area (Å²) >= 11 is 0. The maximum atomic E-state index is 12.3. The lowest BCUT2D eigenvalue weighted by Crippen LogP contribution is -2.48. The Hall–Kier alpha value is -3.23. The molecule has 30 heavy (non-hydrogen) atoms. The van der Waals surface area contributed by atoms with E-state index < -0.39 is 6.04 Å². The Morgan fingerprint density at radius 3 is 2.57 bits per heavy atom. The van der Waals surface area contributed by atoms with Crippen molar-refractivity contribution in [1.29, 1.82) is 0 Å². The van der Waals surface area contributed by atoms with Crippen LogP contribution in [0, 0.1) is 0 Å². The molecule has 1 saturated heterocycles. The summed E-state index contributed by atoms with van der Waals surface area (Å²) in [5.41, 5.74) is 1.84. The summed E-state index contributed by atoms with van der Waals surface area (Å²) in [6.45, 7) is 0.821. The minimum absolute atomic E-state index is 0.0162. The van der Waals surface area contributed by atoms with E-state index in [0.29, 0.717) is 25.9 Å². The molecule has 0 bridgehead atoms. The van der Waals surface area contributed by atoms with E-state index in [9.17, 15) is 19.2 Å². The molecule has 160 valence electrons. The first kappa shape index (κ1) is 21.5. The molecule has 3 rings (SSSR count). The van der Waals surface area contributed by atoms with Crippen molar-refractivity contribution in [1.82, 2.24) is 20.5 Å². The van der Waals surface area contributed by atoms with Crippen LogP contribution in [-0.2, 0) is 19.2 Å². The van der Waals surface area contributed by atoms with Crippen LogP contribution in [0.5, 0.6) is 0 Å². The lowest BCUT2D eigenvalue weighted by molar-refractivity contribution is -0.138. The molecule has 2 aliphatic rings. The van der Waals surface area contributed by atoms with Gasteiger partial charge < -0.3 is 15.5 Å². The normalized spacial score (nSPS) is 18.2. The number of rotatable bonds is 7. The molecular weight excluding hydrogens is 386 g/mol. The summed E-state index contributed by atoms with van der Waals surface area (Å²) in [6.07, 6.45) is 2.06. The van der Waals surface area contributed by atoms with Gasteiger partial charge in [0.2, 0.25) is 23.6 Å². The van der Waals surface area contributed by atoms with Crippen LogP contribution in [0.3, 0.4) is 0 Å². The van der Waals surface area contributed by atoms with Gasteiger partial charge in [0, 0.05) is 32.9 Å². The zero-order chi connectivity index (χ0) is 21.5. The van der Waals surface area contributed by atoms with Gasteiger partial charge in [0.25, 0.3) is 0 Å². The molecule has 1 aromatic carbocycles. The van der Waals surface area contributed by atoms with Gasteiger partial charge in [-0.15, -0.1) is 0 Å². The molecule has 1 aromatic rings. The van der Waals surface area contributed by atoms with E-state index in [0.717, 1.165) is 17.7 Å². The Labute approximate surface area is 175 Å². The first-order valence-corrected chi connectivity index (χ1v) is 10.2. The molecule has 2 aliphatic heterocycles. The van der Waals surface area contributed by atoms with E-state index in [1.54, 1.807) is 0 Å². The van der Waals surface area contributed by atoms with Crippen molar-refractivity contribution in [2.75, 3.05) is 26.7 Å². The lowest BCUT2D eigenvalue weighted by atomic mass is 10.1. The standard InChI is InChI=1S/C21H27N5O4/c1-22-21(30)17-8-5-12-25(17)20(29)14-23-18(27)9-10-19(28)26-13-11-16(24-26)15-6-3-2-4-7-15/h2-4,6-7,17H,5,8-14H2,1H3,(H,22,30)(H,23,27). The fourth-order valence-corrected chi connectivity index (χ4v) is 3.69. The number of hydrogen-bond acceptors (Lipinski definition) is 5. The summed E-state index contributed by atoms with van der Waals surface area (Å²) in [5, 5.41) is 10.9. The van der Waals surface area contributed by atoms with Crippen LogP contribution in [-0.4, -0.2) is 72.0 Å². The number of nitrogens with zero attached hydrogens (tertiary/aromatic N) is 3. The Morgan fingerprint density at radius 2 is 1.83 bits per heavy atom. The van der Waals surface area contributed by atoms with E-state index in [4.69, 9.17) is 0 Å². The van der Waals surface area contributed by atoms with Crippen LogP contribution >= 0.6 is 0 Å². The van der Waals surface area contributed by atoms with E-state index in [1.807, 2.05) is 30.3 Å². The number of hydrazone groups is 1. The highest BCUT2D eigenvalue weighted by Gasteiger charge is 2.33. The predicted octanol–water partition coefficient (Wildman–Crippen LogP) is 0.256. The third-order valence-electron chi connectivity index (χ3n) is 5.32. The second kappa shape index (κ2) is 10.00. The summed E-state index contributed by atoms with van der Waals surface area (Å²) < 4.78 is 0. The second-order valence-corrected chi connectivity index (χ2v) is 7.32. The van der Waals surface area contributed by atoms with Gasteiger partial charge in [-0.2, -0.15) is 5.10 Å². The van der Waals surface area contributed by atoms with Gasteiger partial charge in [-0.05, 0) is 18.4 Å². The number of carbonyl (C=O) groups is 4. The van der Waals surface area contributed by atoms with Crippen molar-refractivity contribution in [3.8, 4) is 0 Å². The van der Waals surface area contributed by atoms with Crippen LogP contribution in [0.4, 0.5) is 0 Å². The molecule has 1 atom stereocenters. The zero-order valence-corrected chi connectivity index (χ0v) is 17.1. The highest BCUT2D eigenvalue weighted by Crippen LogP contribution is 2.17. The average Bonchev–Trinajstić information content (AvgIpc) is 3.46. The van der Waals surface area contributed by atoms with Gasteiger partial charge >= 0.3 is 0 Å². The molecule has 9 nitrogen and oxygen atoms in total. The molecule has 2 heterocycles. The summed E-state index contributed by atoms with van der Waals surface area (Å²) in [7, 11) is 1.54. The van der Waals surface area contributed by atoms with Crippen molar-refractivity contribution in [3.05, 3.63) is 35.9 Å². The number of likely N-dealkylation sites (N-methyl/N-ethyl adjacent to an activating group) is 1. The SMILES string of the molecule is CNC(=O)C1CCCN1C(=O)CNC(=O)CCC(=O)N1CCC(c2ccccc2)=N1. The maximum Gasteiger partial charge on any atom is 0.243 e. The van der Waals surface area contributed by atoms with Gasteiger partial charge in [-0.25, -0.2) is 5.01 Å². The topological polar surface area (TPSA) is 111 Å². The number of hydrogen-bond donors (Lipinski definition) is 2. The number of benzene rings is 1. The van der Waals surface area contributed by atoms with E-state index in [2.05, 4.69) is 15.7 Å². The predicted molar refractivity (Wildman–Crippen MR) is 110 cm³/mol. The Bertz CT molecular complexity index is 839. The number of carbonyl (C=O) groups excluding carboxylic acids is 4. The molecule has 2 N–H and O–H groups in total. The average molecular weight is 413 g/mol. The fraction of sp³-hybridized carbons (Fsp3) is 0.476. The fourth-order valence-electron chi connectivity index (χ4n) is 3.69. The number of nitrogens with one attached hydrogen (secondary N) is 2. The molecule has 1 fully saturated rings. The highest BCUT2D eigenvalue weighted by molar-refractivity contribution is 6.02. The van der Waals surface area contributed by atoms with Gasteiger partial charge in [0.15, 0.2) is 0 Å². The van der Waals surface area contributed by atoms with Gasteiger partial charge in [0.1, 0.15) is 6.04 Å². The van der Waals surface area contributed by atoms with Crippen LogP contribution in [0.15, 0.2) is 35.4 Å². The second-order valence-electron chi connectivity index (χ2n) is 7.32. The van der Waals surface area contributed by atoms with Crippen molar-refractivity contribution < 1.29 is 19.2 Å². The smallest absolute Gasteiger partial charge is 0.243 e. The quantitative estimate of drug-likeness (QED) is 0.668. The monoisotopic (exact) mass is 413 g/mol. The molecule has 0 radical (unpaired) electrons. The molecular formula is C21H27N5O4. The number of likely N-dealkylation sites (tertiary alicyclic amines) is 1. The minimum Gasteiger partial charge on any atom is -0.357 e. The van der Waals surface area contributed by atoms with Gasteiger partial charge in [0.05, 0.1) is 18.8 Å².